The Morgan fingerprint density at radius 2 is 1.07 bits per heavy atom. The van der Waals surface area contributed by atoms with E-state index in [1.807, 2.05) is 12.1 Å². The van der Waals surface area contributed by atoms with Crippen molar-refractivity contribution in [2.45, 2.75) is 30.8 Å². The van der Waals surface area contributed by atoms with Gasteiger partial charge in [0.1, 0.15) is 0 Å². The third-order valence-electron chi connectivity index (χ3n) is 10.3. The largest absolute Gasteiger partial charge is 0.283 e. The molecular weight excluding hydrogens is 558 g/mol. The van der Waals surface area contributed by atoms with Gasteiger partial charge in [-0.25, -0.2) is 10.3 Å². The second-order valence-electron chi connectivity index (χ2n) is 13.1. The Kier molecular flexibility index (Phi) is 5.82. The zero-order chi connectivity index (χ0) is 30.9. The van der Waals surface area contributed by atoms with E-state index in [-0.39, 0.29) is 11.6 Å². The van der Waals surface area contributed by atoms with Crippen LogP contribution < -0.4 is 10.3 Å². The Hall–Kier alpha value is -5.54. The lowest BCUT2D eigenvalue weighted by atomic mass is 9.55. The molecule has 0 saturated carbocycles. The predicted molar refractivity (Wildman–Crippen MR) is 186 cm³/mol. The molecule has 3 nitrogen and oxygen atoms in total. The first kappa shape index (κ1) is 26.8. The van der Waals surface area contributed by atoms with E-state index in [0.29, 0.717) is 0 Å². The molecule has 1 aliphatic heterocycles. The van der Waals surface area contributed by atoms with Crippen LogP contribution in [0.3, 0.4) is 0 Å². The fourth-order valence-corrected chi connectivity index (χ4v) is 8.20. The van der Waals surface area contributed by atoms with Crippen molar-refractivity contribution in [3.63, 3.8) is 0 Å². The second kappa shape index (κ2) is 9.98. The van der Waals surface area contributed by atoms with E-state index >= 15 is 0 Å². The van der Waals surface area contributed by atoms with Gasteiger partial charge >= 0.3 is 0 Å². The second-order valence-corrected chi connectivity index (χ2v) is 13.1. The maximum Gasteiger partial charge on any atom is 0.283 e. The molecule has 46 heavy (non-hydrogen) atoms. The number of nitrogens with zero attached hydrogens (tertiary/aromatic N) is 1. The molecule has 3 aliphatic rings. The highest BCUT2D eigenvalue weighted by molar-refractivity contribution is 6.14. The third-order valence-corrected chi connectivity index (χ3v) is 10.3. The standard InChI is InChI=1S/C43H33N3/c1-42(2)35-21-11-13-23-37(35)43(38-24-14-12-22-36(38)42)33-20-10-9-19-31(33)32-27-30(25-26-34(32)43)41-45-39(28-15-5-3-6-16-28)44-40(46-41)29-17-7-4-8-18-29/h3-27,39H,1-2H3,(H,44,45,46)/p+1. The van der Waals surface area contributed by atoms with Crippen LogP contribution in [0.1, 0.15) is 70.1 Å². The molecule has 1 unspecified atom stereocenters. The van der Waals surface area contributed by atoms with Gasteiger partial charge in [-0.05, 0) is 68.8 Å². The van der Waals surface area contributed by atoms with Gasteiger partial charge in [-0.1, -0.05) is 141 Å². The number of fused-ring (bicyclic) bond motifs is 9. The molecule has 0 amide bonds. The third kappa shape index (κ3) is 3.72. The summed E-state index contributed by atoms with van der Waals surface area (Å²) in [4.78, 5) is 8.84. The number of hydrogen-bond acceptors (Lipinski definition) is 2. The van der Waals surface area contributed by atoms with Crippen molar-refractivity contribution in [3.8, 4) is 11.1 Å². The quantitative estimate of drug-likeness (QED) is 0.223. The SMILES string of the molecule is CC1(C)c2ccccc2C2(c3ccccc3-c3cc(C4=[NH+]C(c5ccccc5)N=C(c5ccccc5)N4)ccc32)c2ccccc21. The highest BCUT2D eigenvalue weighted by Crippen LogP contribution is 2.62. The lowest BCUT2D eigenvalue weighted by Crippen LogP contribution is -2.80. The van der Waals surface area contributed by atoms with Crippen LogP contribution in [0.25, 0.3) is 11.1 Å². The highest BCUT2D eigenvalue weighted by atomic mass is 15.2. The molecular formula is C43H34N3+. The van der Waals surface area contributed by atoms with Crippen LogP contribution in [0.4, 0.5) is 0 Å². The number of benzene rings is 6. The normalized spacial score (nSPS) is 17.9. The molecule has 1 spiro atoms. The zero-order valence-corrected chi connectivity index (χ0v) is 26.0. The number of hydrogen-bond donors (Lipinski definition) is 2. The number of aliphatic imine (C=N–C) groups is 1. The average Bonchev–Trinajstić information content (AvgIpc) is 3.42. The van der Waals surface area contributed by atoms with Gasteiger partial charge in [0.15, 0.2) is 0 Å². The minimum absolute atomic E-state index is 0.110. The molecule has 2 N–H and O–H groups in total. The molecule has 2 aliphatic carbocycles. The smallest absolute Gasteiger partial charge is 0.247 e. The monoisotopic (exact) mass is 592 g/mol. The van der Waals surface area contributed by atoms with Gasteiger partial charge in [0.05, 0.1) is 11.0 Å². The van der Waals surface area contributed by atoms with Crippen molar-refractivity contribution in [2.24, 2.45) is 4.99 Å². The summed E-state index contributed by atoms with van der Waals surface area (Å²) in [7, 11) is 0. The Labute approximate surface area is 270 Å². The summed E-state index contributed by atoms with van der Waals surface area (Å²) < 4.78 is 0. The van der Waals surface area contributed by atoms with E-state index in [0.717, 1.165) is 28.4 Å². The van der Waals surface area contributed by atoms with Gasteiger partial charge in [0.25, 0.3) is 5.84 Å². The van der Waals surface area contributed by atoms with Crippen molar-refractivity contribution in [1.82, 2.24) is 5.32 Å². The Bertz CT molecular complexity index is 2160. The van der Waals surface area contributed by atoms with E-state index in [2.05, 4.69) is 164 Å². The van der Waals surface area contributed by atoms with Gasteiger partial charge in [-0.2, -0.15) is 4.99 Å². The Morgan fingerprint density at radius 3 is 1.74 bits per heavy atom. The summed E-state index contributed by atoms with van der Waals surface area (Å²) in [5.74, 6) is 1.81. The van der Waals surface area contributed by atoms with Crippen molar-refractivity contribution in [1.29, 1.82) is 0 Å². The van der Waals surface area contributed by atoms with E-state index in [1.165, 1.54) is 44.5 Å². The first-order valence-corrected chi connectivity index (χ1v) is 16.1. The minimum Gasteiger partial charge on any atom is -0.247 e. The maximum absolute atomic E-state index is 5.11. The van der Waals surface area contributed by atoms with Crippen LogP contribution >= 0.6 is 0 Å². The van der Waals surface area contributed by atoms with E-state index in [9.17, 15) is 0 Å². The summed E-state index contributed by atoms with van der Waals surface area (Å²) >= 11 is 0. The first-order valence-electron chi connectivity index (χ1n) is 16.1. The molecule has 3 heteroatoms. The summed E-state index contributed by atoms with van der Waals surface area (Å²) in [6, 6.07) is 55.1. The summed E-state index contributed by atoms with van der Waals surface area (Å²) in [6.45, 7) is 4.74. The van der Waals surface area contributed by atoms with Crippen molar-refractivity contribution < 1.29 is 4.99 Å². The van der Waals surface area contributed by atoms with Crippen LogP contribution in [-0.4, -0.2) is 11.7 Å². The highest BCUT2D eigenvalue weighted by Gasteiger charge is 2.53. The fourth-order valence-electron chi connectivity index (χ4n) is 8.20. The maximum atomic E-state index is 5.11. The molecule has 6 aromatic carbocycles. The van der Waals surface area contributed by atoms with Crippen molar-refractivity contribution >= 4 is 11.7 Å². The Balaban J connectivity index is 1.26. The first-order chi connectivity index (χ1) is 22.6. The van der Waals surface area contributed by atoms with Gasteiger partial charge in [0, 0.05) is 16.5 Å². The Morgan fingerprint density at radius 1 is 0.522 bits per heavy atom. The lowest BCUT2D eigenvalue weighted by Gasteiger charge is -2.46. The molecule has 9 rings (SSSR count). The van der Waals surface area contributed by atoms with E-state index in [4.69, 9.17) is 4.99 Å². The molecule has 0 fully saturated rings. The summed E-state index contributed by atoms with van der Waals surface area (Å²) in [5, 5.41) is 3.67. The van der Waals surface area contributed by atoms with E-state index < -0.39 is 5.41 Å². The van der Waals surface area contributed by atoms with Crippen LogP contribution in [0, 0.1) is 0 Å². The number of rotatable bonds is 3. The molecule has 1 atom stereocenters. The molecule has 0 saturated heterocycles. The molecule has 0 bridgehead atoms. The summed E-state index contributed by atoms with van der Waals surface area (Å²) in [5.41, 5.74) is 13.6. The zero-order valence-electron chi connectivity index (χ0n) is 26.0. The molecule has 1 heterocycles. The molecule has 6 aromatic rings. The minimum atomic E-state index is -0.394. The predicted octanol–water partition coefficient (Wildman–Crippen LogP) is 7.27. The van der Waals surface area contributed by atoms with Crippen LogP contribution in [-0.2, 0) is 10.8 Å². The molecule has 0 radical (unpaired) electrons. The van der Waals surface area contributed by atoms with Crippen molar-refractivity contribution in [3.05, 3.63) is 202 Å². The fraction of sp³-hybridized carbons (Fsp3) is 0.116. The van der Waals surface area contributed by atoms with Crippen LogP contribution in [0.15, 0.2) is 157 Å². The molecule has 0 aromatic heterocycles. The number of nitrogens with one attached hydrogen (secondary N) is 2. The van der Waals surface area contributed by atoms with Crippen LogP contribution in [0.5, 0.6) is 0 Å². The van der Waals surface area contributed by atoms with Gasteiger partial charge in [0.2, 0.25) is 12.0 Å². The number of amidine groups is 2. The van der Waals surface area contributed by atoms with Gasteiger partial charge < -0.3 is 0 Å². The topological polar surface area (TPSA) is 38.4 Å². The average molecular weight is 593 g/mol. The lowest BCUT2D eigenvalue weighted by molar-refractivity contribution is -0.510. The summed E-state index contributed by atoms with van der Waals surface area (Å²) in [6.07, 6.45) is -0.209. The van der Waals surface area contributed by atoms with Crippen molar-refractivity contribution in [2.75, 3.05) is 0 Å². The molecule has 220 valence electrons. The van der Waals surface area contributed by atoms with E-state index in [1.54, 1.807) is 0 Å². The van der Waals surface area contributed by atoms with Gasteiger partial charge in [-0.15, -0.1) is 0 Å². The van der Waals surface area contributed by atoms with Crippen LogP contribution in [0.2, 0.25) is 0 Å². The van der Waals surface area contributed by atoms with Gasteiger partial charge in [-0.3, -0.25) is 0 Å².